The van der Waals surface area contributed by atoms with Crippen LogP contribution in [0.5, 0.6) is 0 Å². The molecular weight excluding hydrogens is 275 g/mol. The van der Waals surface area contributed by atoms with Gasteiger partial charge in [-0.1, -0.05) is 5.16 Å². The fourth-order valence-electron chi connectivity index (χ4n) is 2.90. The van der Waals surface area contributed by atoms with E-state index in [2.05, 4.69) is 10.1 Å². The van der Waals surface area contributed by atoms with Crippen LogP contribution in [-0.4, -0.2) is 35.7 Å². The monoisotopic (exact) mass is 291 g/mol. The first-order chi connectivity index (χ1) is 10.1. The van der Waals surface area contributed by atoms with E-state index in [0.29, 0.717) is 12.1 Å². The van der Waals surface area contributed by atoms with Crippen molar-refractivity contribution >= 4 is 16.9 Å². The molecule has 1 aliphatic rings. The lowest BCUT2D eigenvalue weighted by Crippen LogP contribution is -2.36. The van der Waals surface area contributed by atoms with Crippen LogP contribution in [0.2, 0.25) is 0 Å². The van der Waals surface area contributed by atoms with Gasteiger partial charge in [-0.3, -0.25) is 0 Å². The molecule has 1 aromatic carbocycles. The van der Waals surface area contributed by atoms with Crippen LogP contribution in [0, 0.1) is 5.82 Å². The van der Waals surface area contributed by atoms with Crippen molar-refractivity contribution in [1.82, 2.24) is 10.1 Å². The zero-order valence-electron chi connectivity index (χ0n) is 11.5. The summed E-state index contributed by atoms with van der Waals surface area (Å²) in [5, 5.41) is 15.4. The molecule has 0 N–H and O–H groups in total. The number of carboxylic acid groups (broad SMARTS) is 1. The Bertz CT molecular complexity index is 647. The van der Waals surface area contributed by atoms with Crippen LogP contribution in [-0.2, 0) is 4.79 Å². The van der Waals surface area contributed by atoms with Gasteiger partial charge in [0.2, 0.25) is 0 Å². The number of carboxylic acids is 1. The average Bonchev–Trinajstić information content (AvgIpc) is 2.88. The molecule has 2 aromatic rings. The number of carbonyl (C=O) groups excluding carboxylic acids is 1. The Kier molecular flexibility index (Phi) is 3.88. The van der Waals surface area contributed by atoms with Crippen molar-refractivity contribution in [2.45, 2.75) is 25.2 Å². The molecule has 112 valence electrons. The number of aromatic nitrogens is 1. The Balaban J connectivity index is 1.67. The van der Waals surface area contributed by atoms with E-state index in [9.17, 15) is 14.3 Å². The molecule has 0 saturated carbocycles. The van der Waals surface area contributed by atoms with Crippen molar-refractivity contribution in [2.24, 2.45) is 0 Å². The third-order valence-corrected chi connectivity index (χ3v) is 4.07. The minimum atomic E-state index is -1.01. The second-order valence-corrected chi connectivity index (χ2v) is 5.45. The van der Waals surface area contributed by atoms with E-state index in [1.807, 2.05) is 0 Å². The SMILES string of the molecule is O=C([O-])CCN1CCC(c2noc3cc(F)ccc23)CC1. The molecule has 0 radical (unpaired) electrons. The van der Waals surface area contributed by atoms with Crippen molar-refractivity contribution in [3.05, 3.63) is 29.7 Å². The van der Waals surface area contributed by atoms with Crippen LogP contribution in [0.4, 0.5) is 4.39 Å². The first-order valence-electron chi connectivity index (χ1n) is 7.10. The maximum absolute atomic E-state index is 13.1. The standard InChI is InChI=1S/C15H17FN2O3/c16-11-1-2-12-13(9-11)21-17-15(12)10-3-6-18(7-4-10)8-5-14(19)20/h1-2,9-10H,3-8H2,(H,19,20)/p-1. The number of piperidine rings is 1. The largest absolute Gasteiger partial charge is 0.550 e. The molecule has 6 heteroatoms. The molecule has 0 unspecified atom stereocenters. The van der Waals surface area contributed by atoms with Gasteiger partial charge in [0, 0.05) is 29.9 Å². The average molecular weight is 291 g/mol. The van der Waals surface area contributed by atoms with Gasteiger partial charge in [0.15, 0.2) is 5.58 Å². The summed E-state index contributed by atoms with van der Waals surface area (Å²) >= 11 is 0. The van der Waals surface area contributed by atoms with E-state index in [1.54, 1.807) is 6.07 Å². The molecule has 3 rings (SSSR count). The van der Waals surface area contributed by atoms with Crippen LogP contribution in [0.1, 0.15) is 30.9 Å². The van der Waals surface area contributed by atoms with E-state index in [1.165, 1.54) is 12.1 Å². The van der Waals surface area contributed by atoms with E-state index in [0.717, 1.165) is 37.0 Å². The van der Waals surface area contributed by atoms with Gasteiger partial charge in [-0.15, -0.1) is 0 Å². The van der Waals surface area contributed by atoms with Gasteiger partial charge in [0.25, 0.3) is 0 Å². The van der Waals surface area contributed by atoms with Crippen LogP contribution in [0.15, 0.2) is 22.7 Å². The molecule has 5 nitrogen and oxygen atoms in total. The highest BCUT2D eigenvalue weighted by Crippen LogP contribution is 2.32. The van der Waals surface area contributed by atoms with Crippen molar-refractivity contribution < 1.29 is 18.8 Å². The Labute approximate surface area is 121 Å². The number of nitrogens with zero attached hydrogens (tertiary/aromatic N) is 2. The first-order valence-corrected chi connectivity index (χ1v) is 7.10. The number of benzene rings is 1. The molecule has 0 bridgehead atoms. The number of carbonyl (C=O) groups is 1. The molecule has 1 saturated heterocycles. The number of rotatable bonds is 4. The molecule has 0 atom stereocenters. The maximum Gasteiger partial charge on any atom is 0.170 e. The summed E-state index contributed by atoms with van der Waals surface area (Å²) in [5.74, 6) is -1.07. The molecule has 21 heavy (non-hydrogen) atoms. The molecule has 1 fully saturated rings. The van der Waals surface area contributed by atoms with Crippen LogP contribution >= 0.6 is 0 Å². The number of fused-ring (bicyclic) bond motifs is 1. The highest BCUT2D eigenvalue weighted by molar-refractivity contribution is 5.79. The van der Waals surface area contributed by atoms with Gasteiger partial charge in [0.1, 0.15) is 5.82 Å². The van der Waals surface area contributed by atoms with Crippen molar-refractivity contribution in [3.63, 3.8) is 0 Å². The van der Waals surface area contributed by atoms with Crippen LogP contribution in [0.3, 0.4) is 0 Å². The van der Waals surface area contributed by atoms with E-state index >= 15 is 0 Å². The Morgan fingerprint density at radius 2 is 2.19 bits per heavy atom. The summed E-state index contributed by atoms with van der Waals surface area (Å²) in [6, 6.07) is 4.47. The van der Waals surface area contributed by atoms with Gasteiger partial charge in [-0.05, 0) is 44.5 Å². The van der Waals surface area contributed by atoms with Gasteiger partial charge < -0.3 is 19.3 Å². The van der Waals surface area contributed by atoms with Crippen molar-refractivity contribution in [3.8, 4) is 0 Å². The minimum absolute atomic E-state index is 0.0663. The predicted molar refractivity (Wildman–Crippen MR) is 72.0 cm³/mol. The lowest BCUT2D eigenvalue weighted by molar-refractivity contribution is -0.305. The first kappa shape index (κ1) is 14.0. The van der Waals surface area contributed by atoms with Gasteiger partial charge in [-0.2, -0.15) is 0 Å². The van der Waals surface area contributed by atoms with Crippen molar-refractivity contribution in [2.75, 3.05) is 19.6 Å². The molecule has 0 aliphatic carbocycles. The maximum atomic E-state index is 13.1. The Morgan fingerprint density at radius 1 is 1.43 bits per heavy atom. The summed E-state index contributed by atoms with van der Waals surface area (Å²) in [6.45, 7) is 2.18. The molecule has 0 spiro atoms. The zero-order chi connectivity index (χ0) is 14.8. The molecule has 0 amide bonds. The summed E-state index contributed by atoms with van der Waals surface area (Å²) in [4.78, 5) is 12.6. The third kappa shape index (κ3) is 3.05. The second-order valence-electron chi connectivity index (χ2n) is 5.45. The Morgan fingerprint density at radius 3 is 2.90 bits per heavy atom. The predicted octanol–water partition coefficient (Wildman–Crippen LogP) is 1.29. The third-order valence-electron chi connectivity index (χ3n) is 4.07. The smallest absolute Gasteiger partial charge is 0.170 e. The number of hydrogen-bond donors (Lipinski definition) is 0. The number of hydrogen-bond acceptors (Lipinski definition) is 5. The Hall–Kier alpha value is -1.95. The summed E-state index contributed by atoms with van der Waals surface area (Å²) in [7, 11) is 0. The number of likely N-dealkylation sites (tertiary alicyclic amines) is 1. The topological polar surface area (TPSA) is 69.4 Å². The minimum Gasteiger partial charge on any atom is -0.550 e. The number of halogens is 1. The van der Waals surface area contributed by atoms with Gasteiger partial charge in [0.05, 0.1) is 5.69 Å². The lowest BCUT2D eigenvalue weighted by Gasteiger charge is -2.31. The lowest BCUT2D eigenvalue weighted by atomic mass is 9.91. The molecule has 2 heterocycles. The molecule has 1 aromatic heterocycles. The molecular formula is C15H16FN2O3-. The normalized spacial score (nSPS) is 17.4. The quantitative estimate of drug-likeness (QED) is 0.849. The van der Waals surface area contributed by atoms with E-state index in [4.69, 9.17) is 4.52 Å². The van der Waals surface area contributed by atoms with E-state index in [-0.39, 0.29) is 18.2 Å². The highest BCUT2D eigenvalue weighted by atomic mass is 19.1. The van der Waals surface area contributed by atoms with Crippen molar-refractivity contribution in [1.29, 1.82) is 0 Å². The van der Waals surface area contributed by atoms with Gasteiger partial charge in [-0.25, -0.2) is 4.39 Å². The van der Waals surface area contributed by atoms with Gasteiger partial charge >= 0.3 is 0 Å². The van der Waals surface area contributed by atoms with Crippen LogP contribution in [0.25, 0.3) is 11.0 Å². The fraction of sp³-hybridized carbons (Fsp3) is 0.467. The summed E-state index contributed by atoms with van der Waals surface area (Å²) in [5.41, 5.74) is 1.36. The zero-order valence-corrected chi connectivity index (χ0v) is 11.5. The second kappa shape index (κ2) is 5.81. The molecule has 1 aliphatic heterocycles. The van der Waals surface area contributed by atoms with Crippen LogP contribution < -0.4 is 5.11 Å². The van der Waals surface area contributed by atoms with E-state index < -0.39 is 5.97 Å². The number of aliphatic carboxylic acids is 1. The summed E-state index contributed by atoms with van der Waals surface area (Å²) in [6.07, 6.45) is 1.86. The summed E-state index contributed by atoms with van der Waals surface area (Å²) < 4.78 is 18.3. The fourth-order valence-corrected chi connectivity index (χ4v) is 2.90. The highest BCUT2D eigenvalue weighted by Gasteiger charge is 2.24.